The highest BCUT2D eigenvalue weighted by Crippen LogP contribution is 2.06. The highest BCUT2D eigenvalue weighted by molar-refractivity contribution is 6.44. The Bertz CT molecular complexity index is 94.7. The summed E-state index contributed by atoms with van der Waals surface area (Å²) in [6.45, 7) is 10.4. The summed E-state index contributed by atoms with van der Waals surface area (Å²) in [5.74, 6) is 0. The zero-order valence-electron chi connectivity index (χ0n) is 8.96. The first-order valence-corrected chi connectivity index (χ1v) is 6.63. The fourth-order valence-corrected chi connectivity index (χ4v) is 3.03. The van der Waals surface area contributed by atoms with Crippen LogP contribution in [0.25, 0.3) is 0 Å². The summed E-state index contributed by atoms with van der Waals surface area (Å²) in [4.78, 5) is 0. The van der Waals surface area contributed by atoms with Crippen LogP contribution in [0.1, 0.15) is 41.0 Å². The quantitative estimate of drug-likeness (QED) is 0.599. The lowest BCUT2D eigenvalue weighted by molar-refractivity contribution is 0.129. The highest BCUT2D eigenvalue weighted by Gasteiger charge is 2.15. The Morgan fingerprint density at radius 2 is 1.42 bits per heavy atom. The molecular weight excluding hydrogens is 168 g/mol. The van der Waals surface area contributed by atoms with Crippen molar-refractivity contribution in [1.82, 2.24) is 0 Å². The average molecular weight is 190 g/mol. The fraction of sp³-hybridized carbons (Fsp3) is 1.00. The first-order chi connectivity index (χ1) is 5.56. The first-order valence-electron chi connectivity index (χ1n) is 4.87. The Hall–Kier alpha value is 0.137. The van der Waals surface area contributed by atoms with Gasteiger partial charge in [0.2, 0.25) is 0 Å². The van der Waals surface area contributed by atoms with E-state index in [1.165, 1.54) is 0 Å². The molecule has 0 aliphatic rings. The topological polar surface area (TPSA) is 18.5 Å². The molecule has 0 amide bonds. The Morgan fingerprint density at radius 3 is 1.67 bits per heavy atom. The second kappa shape index (κ2) is 6.63. The minimum atomic E-state index is -1.35. The Morgan fingerprint density at radius 1 is 1.00 bits per heavy atom. The highest BCUT2D eigenvalue weighted by atomic mass is 28.3. The number of hydrogen-bond donors (Lipinski definition) is 0. The second-order valence-electron chi connectivity index (χ2n) is 3.59. The molecule has 0 aromatic rings. The molecule has 0 spiro atoms. The molecule has 0 aromatic heterocycles. The summed E-state index contributed by atoms with van der Waals surface area (Å²) in [6.07, 6.45) is 1.79. The van der Waals surface area contributed by atoms with Gasteiger partial charge in [-0.05, 0) is 33.7 Å². The van der Waals surface area contributed by atoms with Crippen molar-refractivity contribution in [1.29, 1.82) is 0 Å². The van der Waals surface area contributed by atoms with Crippen LogP contribution in [0.15, 0.2) is 0 Å². The van der Waals surface area contributed by atoms with Crippen molar-refractivity contribution in [2.24, 2.45) is 0 Å². The largest absolute Gasteiger partial charge is 0.394 e. The van der Waals surface area contributed by atoms with E-state index in [2.05, 4.69) is 34.6 Å². The van der Waals surface area contributed by atoms with Crippen LogP contribution in [0.3, 0.4) is 0 Å². The van der Waals surface area contributed by atoms with Crippen LogP contribution in [0.2, 0.25) is 6.04 Å². The van der Waals surface area contributed by atoms with Crippen molar-refractivity contribution in [3.63, 3.8) is 0 Å². The molecule has 0 rings (SSSR count). The van der Waals surface area contributed by atoms with Crippen LogP contribution >= 0.6 is 0 Å². The van der Waals surface area contributed by atoms with Crippen molar-refractivity contribution < 1.29 is 8.85 Å². The Labute approximate surface area is 78.1 Å². The van der Waals surface area contributed by atoms with Crippen molar-refractivity contribution in [2.75, 3.05) is 0 Å². The van der Waals surface area contributed by atoms with Crippen LogP contribution in [-0.4, -0.2) is 21.5 Å². The van der Waals surface area contributed by atoms with Gasteiger partial charge in [-0.25, -0.2) is 0 Å². The van der Waals surface area contributed by atoms with Crippen LogP contribution in [-0.2, 0) is 8.85 Å². The van der Waals surface area contributed by atoms with Crippen LogP contribution in [0.4, 0.5) is 0 Å². The van der Waals surface area contributed by atoms with Crippen LogP contribution in [0.5, 0.6) is 0 Å². The molecule has 0 aliphatic carbocycles. The van der Waals surface area contributed by atoms with E-state index in [4.69, 9.17) is 8.85 Å². The van der Waals surface area contributed by atoms with E-state index < -0.39 is 9.28 Å². The normalized spacial score (nSPS) is 12.0. The molecule has 0 atom stereocenters. The molecular formula is C9H22O2Si. The first kappa shape index (κ1) is 12.1. The van der Waals surface area contributed by atoms with Crippen LogP contribution < -0.4 is 0 Å². The Kier molecular flexibility index (Phi) is 6.71. The third-order valence-electron chi connectivity index (χ3n) is 1.37. The van der Waals surface area contributed by atoms with Gasteiger partial charge in [0.15, 0.2) is 0 Å². The molecule has 0 saturated carbocycles. The van der Waals surface area contributed by atoms with Gasteiger partial charge in [-0.3, -0.25) is 0 Å². The van der Waals surface area contributed by atoms with Gasteiger partial charge < -0.3 is 8.85 Å². The van der Waals surface area contributed by atoms with E-state index >= 15 is 0 Å². The van der Waals surface area contributed by atoms with Gasteiger partial charge in [-0.2, -0.15) is 0 Å². The summed E-state index contributed by atoms with van der Waals surface area (Å²) in [7, 11) is -1.35. The van der Waals surface area contributed by atoms with Crippen molar-refractivity contribution in [3.05, 3.63) is 0 Å². The summed E-state index contributed by atoms with van der Waals surface area (Å²) in [5.41, 5.74) is 0. The molecule has 0 radical (unpaired) electrons. The maximum absolute atomic E-state index is 5.72. The summed E-state index contributed by atoms with van der Waals surface area (Å²) in [6, 6.07) is 1.12. The van der Waals surface area contributed by atoms with E-state index in [1.54, 1.807) is 0 Å². The third kappa shape index (κ3) is 6.82. The van der Waals surface area contributed by atoms with E-state index in [-0.39, 0.29) is 0 Å². The molecule has 0 bridgehead atoms. The van der Waals surface area contributed by atoms with E-state index in [9.17, 15) is 0 Å². The van der Waals surface area contributed by atoms with Crippen molar-refractivity contribution in [2.45, 2.75) is 59.3 Å². The molecule has 12 heavy (non-hydrogen) atoms. The Balaban J connectivity index is 3.69. The molecule has 0 heterocycles. The second-order valence-corrected chi connectivity index (χ2v) is 5.57. The van der Waals surface area contributed by atoms with Crippen molar-refractivity contribution in [3.8, 4) is 0 Å². The SMILES string of the molecule is CCC[SiH](OC(C)C)OC(C)C. The maximum Gasteiger partial charge on any atom is 0.321 e. The van der Waals surface area contributed by atoms with Gasteiger partial charge in [0, 0.05) is 12.2 Å². The lowest BCUT2D eigenvalue weighted by Crippen LogP contribution is -2.28. The zero-order valence-corrected chi connectivity index (χ0v) is 10.1. The van der Waals surface area contributed by atoms with Crippen molar-refractivity contribution >= 4 is 9.28 Å². The zero-order chi connectivity index (χ0) is 9.56. The third-order valence-corrected chi connectivity index (χ3v) is 4.12. The van der Waals surface area contributed by atoms with Gasteiger partial charge in [-0.15, -0.1) is 0 Å². The lowest BCUT2D eigenvalue weighted by Gasteiger charge is -2.20. The van der Waals surface area contributed by atoms with E-state index in [1.807, 2.05) is 0 Å². The molecule has 0 aliphatic heterocycles. The standard InChI is InChI=1S/C9H22O2Si/c1-6-7-12(10-8(2)3)11-9(4)5/h8-9,12H,6-7H2,1-5H3. The molecule has 74 valence electrons. The van der Waals surface area contributed by atoms with Gasteiger partial charge in [-0.1, -0.05) is 13.3 Å². The smallest absolute Gasteiger partial charge is 0.321 e. The van der Waals surface area contributed by atoms with E-state index in [0.29, 0.717) is 12.2 Å². The van der Waals surface area contributed by atoms with Gasteiger partial charge in [0.05, 0.1) is 0 Å². The molecule has 0 fully saturated rings. The monoisotopic (exact) mass is 190 g/mol. The summed E-state index contributed by atoms with van der Waals surface area (Å²) in [5, 5.41) is 0. The van der Waals surface area contributed by atoms with Gasteiger partial charge in [0.1, 0.15) is 0 Å². The average Bonchev–Trinajstić information content (AvgIpc) is 1.84. The molecule has 0 unspecified atom stereocenters. The summed E-state index contributed by atoms with van der Waals surface area (Å²) < 4.78 is 11.4. The van der Waals surface area contributed by atoms with E-state index in [0.717, 1.165) is 12.5 Å². The number of hydrogen-bond acceptors (Lipinski definition) is 2. The maximum atomic E-state index is 5.72. The van der Waals surface area contributed by atoms with Crippen LogP contribution in [0, 0.1) is 0 Å². The fourth-order valence-electron chi connectivity index (χ4n) is 1.01. The molecule has 0 saturated heterocycles. The minimum absolute atomic E-state index is 0.312. The molecule has 0 N–H and O–H groups in total. The van der Waals surface area contributed by atoms with Gasteiger partial charge >= 0.3 is 9.28 Å². The molecule has 3 heteroatoms. The predicted octanol–water partition coefficient (Wildman–Crippen LogP) is 2.47. The minimum Gasteiger partial charge on any atom is -0.394 e. The molecule has 2 nitrogen and oxygen atoms in total. The lowest BCUT2D eigenvalue weighted by atomic mass is 10.5. The predicted molar refractivity (Wildman–Crippen MR) is 54.7 cm³/mol. The molecule has 0 aromatic carbocycles. The van der Waals surface area contributed by atoms with Gasteiger partial charge in [0.25, 0.3) is 0 Å². The number of rotatable bonds is 6. The summed E-state index contributed by atoms with van der Waals surface area (Å²) >= 11 is 0.